The number of carboxylic acids is 1. The van der Waals surface area contributed by atoms with Crippen LogP contribution in [0.2, 0.25) is 0 Å². The zero-order valence-corrected chi connectivity index (χ0v) is 15.5. The van der Waals surface area contributed by atoms with Gasteiger partial charge < -0.3 is 20.1 Å². The van der Waals surface area contributed by atoms with E-state index < -0.39 is 5.97 Å². The van der Waals surface area contributed by atoms with Gasteiger partial charge in [0, 0.05) is 36.7 Å². The SMILES string of the molecule is Cc1nc([C@@H]([C@@H]2CCCNC2)n2cc(C(=O)O)ccc2=O)sc1CCO. The molecule has 8 heteroatoms. The predicted molar refractivity (Wildman–Crippen MR) is 99.0 cm³/mol. The van der Waals surface area contributed by atoms with Gasteiger partial charge in [-0.25, -0.2) is 9.78 Å². The topological polar surface area (TPSA) is 104 Å². The number of carbonyl (C=O) groups is 1. The van der Waals surface area contributed by atoms with E-state index in [0.29, 0.717) is 6.42 Å². The molecule has 140 valence electrons. The van der Waals surface area contributed by atoms with Crippen molar-refractivity contribution in [3.8, 4) is 0 Å². The second-order valence-electron chi connectivity index (χ2n) is 6.55. The molecule has 3 heterocycles. The summed E-state index contributed by atoms with van der Waals surface area (Å²) in [6, 6.07) is 2.33. The smallest absolute Gasteiger partial charge is 0.337 e. The Hall–Kier alpha value is -2.03. The van der Waals surface area contributed by atoms with Crippen LogP contribution in [0.3, 0.4) is 0 Å². The highest BCUT2D eigenvalue weighted by Crippen LogP contribution is 2.34. The summed E-state index contributed by atoms with van der Waals surface area (Å²) < 4.78 is 1.52. The third-order valence-electron chi connectivity index (χ3n) is 4.77. The predicted octanol–water partition coefficient (Wildman–Crippen LogP) is 1.44. The van der Waals surface area contributed by atoms with Gasteiger partial charge >= 0.3 is 5.97 Å². The minimum Gasteiger partial charge on any atom is -0.478 e. The van der Waals surface area contributed by atoms with Crippen molar-refractivity contribution in [2.45, 2.75) is 32.2 Å². The second-order valence-corrected chi connectivity index (χ2v) is 7.67. The first kappa shape index (κ1) is 18.8. The Balaban J connectivity index is 2.09. The van der Waals surface area contributed by atoms with E-state index in [9.17, 15) is 19.8 Å². The number of hydrogen-bond acceptors (Lipinski definition) is 6. The van der Waals surface area contributed by atoms with Gasteiger partial charge in [0.2, 0.25) is 0 Å². The molecule has 0 aliphatic carbocycles. The molecule has 0 radical (unpaired) electrons. The van der Waals surface area contributed by atoms with Crippen molar-refractivity contribution in [1.82, 2.24) is 14.9 Å². The zero-order chi connectivity index (χ0) is 18.7. The first-order valence-electron chi connectivity index (χ1n) is 8.74. The summed E-state index contributed by atoms with van der Waals surface area (Å²) in [5, 5.41) is 22.7. The largest absolute Gasteiger partial charge is 0.478 e. The lowest BCUT2D eigenvalue weighted by Gasteiger charge is -2.31. The van der Waals surface area contributed by atoms with Crippen molar-refractivity contribution in [2.75, 3.05) is 19.7 Å². The van der Waals surface area contributed by atoms with Gasteiger partial charge in [-0.15, -0.1) is 11.3 Å². The van der Waals surface area contributed by atoms with Crippen LogP contribution in [-0.4, -0.2) is 45.4 Å². The molecule has 0 saturated carbocycles. The van der Waals surface area contributed by atoms with Crippen molar-refractivity contribution in [3.05, 3.63) is 49.8 Å². The molecule has 3 rings (SSSR count). The Kier molecular flexibility index (Phi) is 5.85. The number of aromatic nitrogens is 2. The Morgan fingerprint density at radius 2 is 2.31 bits per heavy atom. The highest BCUT2D eigenvalue weighted by Gasteiger charge is 2.30. The van der Waals surface area contributed by atoms with Crippen molar-refractivity contribution in [2.24, 2.45) is 5.92 Å². The average Bonchev–Trinajstić information content (AvgIpc) is 2.98. The van der Waals surface area contributed by atoms with Gasteiger partial charge in [0.25, 0.3) is 5.56 Å². The van der Waals surface area contributed by atoms with Crippen LogP contribution in [0.15, 0.2) is 23.1 Å². The van der Waals surface area contributed by atoms with Gasteiger partial charge in [-0.3, -0.25) is 4.79 Å². The fourth-order valence-electron chi connectivity index (χ4n) is 3.45. The highest BCUT2D eigenvalue weighted by atomic mass is 32.1. The number of nitrogens with zero attached hydrogens (tertiary/aromatic N) is 2. The van der Waals surface area contributed by atoms with Crippen molar-refractivity contribution < 1.29 is 15.0 Å². The van der Waals surface area contributed by atoms with Gasteiger partial charge in [-0.2, -0.15) is 0 Å². The van der Waals surface area contributed by atoms with Crippen LogP contribution in [0, 0.1) is 12.8 Å². The molecule has 0 aromatic carbocycles. The van der Waals surface area contributed by atoms with Gasteiger partial charge in [0.15, 0.2) is 0 Å². The lowest BCUT2D eigenvalue weighted by Crippen LogP contribution is -2.38. The average molecular weight is 377 g/mol. The second kappa shape index (κ2) is 8.11. The van der Waals surface area contributed by atoms with E-state index in [1.54, 1.807) is 0 Å². The maximum atomic E-state index is 12.6. The summed E-state index contributed by atoms with van der Waals surface area (Å²) in [6.45, 7) is 3.65. The van der Waals surface area contributed by atoms with Crippen molar-refractivity contribution in [3.63, 3.8) is 0 Å². The van der Waals surface area contributed by atoms with Crippen molar-refractivity contribution in [1.29, 1.82) is 0 Å². The number of rotatable bonds is 6. The van der Waals surface area contributed by atoms with Crippen LogP contribution in [0.4, 0.5) is 0 Å². The molecule has 0 bridgehead atoms. The first-order chi connectivity index (χ1) is 12.5. The van der Waals surface area contributed by atoms with E-state index in [0.717, 1.165) is 41.5 Å². The van der Waals surface area contributed by atoms with Gasteiger partial charge in [-0.05, 0) is 38.3 Å². The number of aliphatic hydroxyl groups excluding tert-OH is 1. The quantitative estimate of drug-likeness (QED) is 0.704. The molecule has 0 amide bonds. The summed E-state index contributed by atoms with van der Waals surface area (Å²) in [4.78, 5) is 29.6. The van der Waals surface area contributed by atoms with Crippen LogP contribution < -0.4 is 10.9 Å². The zero-order valence-electron chi connectivity index (χ0n) is 14.6. The van der Waals surface area contributed by atoms with Crippen LogP contribution in [0.1, 0.15) is 44.8 Å². The number of thiazole rings is 1. The lowest BCUT2D eigenvalue weighted by molar-refractivity contribution is 0.0695. The number of nitrogens with one attached hydrogen (secondary N) is 1. The summed E-state index contributed by atoms with van der Waals surface area (Å²) >= 11 is 1.50. The monoisotopic (exact) mass is 377 g/mol. The molecule has 2 aromatic rings. The van der Waals surface area contributed by atoms with Gasteiger partial charge in [-0.1, -0.05) is 0 Å². The van der Waals surface area contributed by atoms with E-state index in [2.05, 4.69) is 10.3 Å². The number of piperidine rings is 1. The third kappa shape index (κ3) is 3.87. The van der Waals surface area contributed by atoms with Crippen molar-refractivity contribution >= 4 is 17.3 Å². The molecule has 1 aliphatic rings. The van der Waals surface area contributed by atoms with E-state index in [1.165, 1.54) is 34.2 Å². The summed E-state index contributed by atoms with van der Waals surface area (Å²) in [5.74, 6) is -0.909. The Labute approximate surface area is 155 Å². The first-order valence-corrected chi connectivity index (χ1v) is 9.56. The van der Waals surface area contributed by atoms with Crippen LogP contribution in [-0.2, 0) is 6.42 Å². The number of aromatic carboxylic acids is 1. The Morgan fingerprint density at radius 3 is 2.96 bits per heavy atom. The fourth-order valence-corrected chi connectivity index (χ4v) is 4.70. The minimum absolute atomic E-state index is 0.0482. The molecule has 0 unspecified atom stereocenters. The molecule has 26 heavy (non-hydrogen) atoms. The minimum atomic E-state index is -1.06. The fraction of sp³-hybridized carbons (Fsp3) is 0.500. The maximum absolute atomic E-state index is 12.6. The molecule has 7 nitrogen and oxygen atoms in total. The maximum Gasteiger partial charge on any atom is 0.337 e. The molecule has 1 fully saturated rings. The molecule has 3 N–H and O–H groups in total. The van der Waals surface area contributed by atoms with Crippen LogP contribution in [0.5, 0.6) is 0 Å². The normalized spacial score (nSPS) is 18.6. The molecule has 1 saturated heterocycles. The highest BCUT2D eigenvalue weighted by molar-refractivity contribution is 7.11. The molecule has 1 aliphatic heterocycles. The standard InChI is InChI=1S/C18H23N3O4S/c1-11-14(6-8-22)26-17(20-11)16(12-3-2-7-19-9-12)21-10-13(18(24)25)4-5-15(21)23/h4-5,10,12,16,19,22H,2-3,6-9H2,1H3,(H,24,25)/t12-,16-/m1/s1. The number of hydrogen-bond donors (Lipinski definition) is 3. The van der Waals surface area contributed by atoms with Gasteiger partial charge in [0.05, 0.1) is 17.3 Å². The Bertz CT molecular complexity index is 839. The molecule has 2 aromatic heterocycles. The number of aryl methyl sites for hydroxylation is 1. The molecular formula is C18H23N3O4S. The summed E-state index contributed by atoms with van der Waals surface area (Å²) in [5.41, 5.74) is 0.708. The van der Waals surface area contributed by atoms with Gasteiger partial charge in [0.1, 0.15) is 5.01 Å². The summed E-state index contributed by atoms with van der Waals surface area (Å²) in [7, 11) is 0. The van der Waals surface area contributed by atoms with E-state index in [4.69, 9.17) is 0 Å². The van der Waals surface area contributed by atoms with E-state index >= 15 is 0 Å². The number of carboxylic acid groups (broad SMARTS) is 1. The van der Waals surface area contributed by atoms with Crippen LogP contribution >= 0.6 is 11.3 Å². The third-order valence-corrected chi connectivity index (χ3v) is 6.06. The van der Waals surface area contributed by atoms with Crippen LogP contribution in [0.25, 0.3) is 0 Å². The molecule has 0 spiro atoms. The van der Waals surface area contributed by atoms with E-state index in [-0.39, 0.29) is 29.7 Å². The molecule has 2 atom stereocenters. The summed E-state index contributed by atoms with van der Waals surface area (Å²) in [6.07, 6.45) is 3.90. The Morgan fingerprint density at radius 1 is 1.50 bits per heavy atom. The lowest BCUT2D eigenvalue weighted by atomic mass is 9.91. The molecular weight excluding hydrogens is 354 g/mol. The van der Waals surface area contributed by atoms with E-state index in [1.807, 2.05) is 6.92 Å². The number of aliphatic hydroxyl groups is 1. The number of pyridine rings is 1.